The molecule has 0 aliphatic carbocycles. The maximum atomic E-state index is 5.72. The minimum Gasteiger partial charge on any atom is -0.378 e. The number of anilines is 1. The van der Waals surface area contributed by atoms with Crippen LogP contribution in [0, 0.1) is 0 Å². The molecule has 0 aromatic carbocycles. The van der Waals surface area contributed by atoms with E-state index in [0.717, 1.165) is 43.1 Å². The molecule has 1 aromatic heterocycles. The second kappa shape index (κ2) is 8.17. The average Bonchev–Trinajstić information content (AvgIpc) is 2.48. The monoisotopic (exact) mass is 281 g/mol. The van der Waals surface area contributed by atoms with E-state index < -0.39 is 5.60 Å². The van der Waals surface area contributed by atoms with Gasteiger partial charge in [-0.05, 0) is 19.3 Å². The van der Waals surface area contributed by atoms with E-state index in [1.165, 1.54) is 0 Å². The van der Waals surface area contributed by atoms with Crippen molar-refractivity contribution in [3.63, 3.8) is 0 Å². The number of nitrogens with one attached hydrogen (secondary N) is 1. The second-order valence-corrected chi connectivity index (χ2v) is 4.83. The number of nitrogens with zero attached hydrogens (tertiary/aromatic N) is 2. The van der Waals surface area contributed by atoms with E-state index in [-0.39, 0.29) is 0 Å². The van der Waals surface area contributed by atoms with Crippen molar-refractivity contribution in [3.05, 3.63) is 17.6 Å². The van der Waals surface area contributed by atoms with Crippen molar-refractivity contribution in [2.75, 3.05) is 26.1 Å². The number of aromatic nitrogens is 2. The smallest absolute Gasteiger partial charge is 0.162 e. The lowest BCUT2D eigenvalue weighted by atomic mass is 9.96. The first-order chi connectivity index (χ1) is 9.65. The Bertz CT molecular complexity index is 398. The Morgan fingerprint density at radius 2 is 1.85 bits per heavy atom. The predicted octanol–water partition coefficient (Wildman–Crippen LogP) is 3.11. The summed E-state index contributed by atoms with van der Waals surface area (Å²) >= 11 is 0. The van der Waals surface area contributed by atoms with Crippen LogP contribution in [0.4, 0.5) is 5.82 Å². The van der Waals surface area contributed by atoms with Gasteiger partial charge in [0.2, 0.25) is 0 Å². The fourth-order valence-corrected chi connectivity index (χ4v) is 2.21. The molecule has 0 atom stereocenters. The third kappa shape index (κ3) is 3.90. The lowest BCUT2D eigenvalue weighted by Gasteiger charge is -2.29. The van der Waals surface area contributed by atoms with E-state index in [2.05, 4.69) is 36.1 Å². The SMILES string of the molecule is CCCNc1cc(COC)nc(C(CC)(CC)OC)n1. The van der Waals surface area contributed by atoms with Crippen molar-refractivity contribution in [2.45, 2.75) is 52.2 Å². The van der Waals surface area contributed by atoms with E-state index >= 15 is 0 Å². The van der Waals surface area contributed by atoms with Crippen LogP contribution in [0.1, 0.15) is 51.6 Å². The summed E-state index contributed by atoms with van der Waals surface area (Å²) in [6, 6.07) is 1.94. The van der Waals surface area contributed by atoms with Gasteiger partial charge in [0.25, 0.3) is 0 Å². The first-order valence-electron chi connectivity index (χ1n) is 7.32. The maximum absolute atomic E-state index is 5.72. The Labute approximate surface area is 122 Å². The van der Waals surface area contributed by atoms with Crippen LogP contribution < -0.4 is 5.32 Å². The molecule has 20 heavy (non-hydrogen) atoms. The van der Waals surface area contributed by atoms with Crippen molar-refractivity contribution >= 4 is 5.82 Å². The molecule has 0 spiro atoms. The molecule has 0 aliphatic heterocycles. The molecule has 1 aromatic rings. The molecular weight excluding hydrogens is 254 g/mol. The molecule has 114 valence electrons. The lowest BCUT2D eigenvalue weighted by Crippen LogP contribution is -2.30. The second-order valence-electron chi connectivity index (χ2n) is 4.83. The van der Waals surface area contributed by atoms with Crippen molar-refractivity contribution in [2.24, 2.45) is 0 Å². The zero-order chi connectivity index (χ0) is 15.0. The molecular formula is C15H27N3O2. The highest BCUT2D eigenvalue weighted by Gasteiger charge is 2.32. The Morgan fingerprint density at radius 3 is 2.35 bits per heavy atom. The molecule has 0 saturated carbocycles. The summed E-state index contributed by atoms with van der Waals surface area (Å²) in [6.07, 6.45) is 2.73. The third-order valence-corrected chi connectivity index (χ3v) is 3.57. The Morgan fingerprint density at radius 1 is 1.15 bits per heavy atom. The Hall–Kier alpha value is -1.20. The van der Waals surface area contributed by atoms with Gasteiger partial charge in [0.15, 0.2) is 5.82 Å². The van der Waals surface area contributed by atoms with Crippen molar-refractivity contribution in [1.29, 1.82) is 0 Å². The highest BCUT2D eigenvalue weighted by atomic mass is 16.5. The normalized spacial score (nSPS) is 11.7. The summed E-state index contributed by atoms with van der Waals surface area (Å²) in [5.74, 6) is 1.57. The Balaban J connectivity index is 3.18. The molecule has 1 N–H and O–H groups in total. The van der Waals surface area contributed by atoms with E-state index in [9.17, 15) is 0 Å². The fraction of sp³-hybridized carbons (Fsp3) is 0.733. The Kier molecular flexibility index (Phi) is 6.88. The van der Waals surface area contributed by atoms with Crippen molar-refractivity contribution in [3.8, 4) is 0 Å². The van der Waals surface area contributed by atoms with Crippen LogP contribution in [-0.2, 0) is 21.7 Å². The first-order valence-corrected chi connectivity index (χ1v) is 7.32. The van der Waals surface area contributed by atoms with Gasteiger partial charge in [0.05, 0.1) is 12.3 Å². The molecule has 0 saturated heterocycles. The van der Waals surface area contributed by atoms with Crippen LogP contribution >= 0.6 is 0 Å². The zero-order valence-electron chi connectivity index (χ0n) is 13.3. The molecule has 1 heterocycles. The van der Waals surface area contributed by atoms with E-state index in [0.29, 0.717) is 6.61 Å². The van der Waals surface area contributed by atoms with Gasteiger partial charge in [-0.2, -0.15) is 0 Å². The highest BCUT2D eigenvalue weighted by molar-refractivity contribution is 5.36. The summed E-state index contributed by atoms with van der Waals surface area (Å²) in [7, 11) is 3.39. The van der Waals surface area contributed by atoms with Crippen molar-refractivity contribution < 1.29 is 9.47 Å². The summed E-state index contributed by atoms with van der Waals surface area (Å²) in [5.41, 5.74) is 0.450. The minimum atomic E-state index is -0.424. The van der Waals surface area contributed by atoms with Crippen LogP contribution in [0.2, 0.25) is 0 Å². The zero-order valence-corrected chi connectivity index (χ0v) is 13.3. The molecule has 0 aliphatic rings. The van der Waals surface area contributed by atoms with Gasteiger partial charge in [-0.3, -0.25) is 0 Å². The maximum Gasteiger partial charge on any atom is 0.162 e. The van der Waals surface area contributed by atoms with Crippen LogP contribution in [0.25, 0.3) is 0 Å². The third-order valence-electron chi connectivity index (χ3n) is 3.57. The number of hydrogen-bond acceptors (Lipinski definition) is 5. The number of ether oxygens (including phenoxy) is 2. The van der Waals surface area contributed by atoms with Gasteiger partial charge < -0.3 is 14.8 Å². The summed E-state index contributed by atoms with van der Waals surface area (Å²) < 4.78 is 10.9. The standard InChI is InChI=1S/C15H27N3O2/c1-6-9-16-13-10-12(11-19-4)17-14(18-13)15(7-2,8-3)20-5/h10H,6-9,11H2,1-5H3,(H,16,17,18). The molecule has 0 amide bonds. The summed E-state index contributed by atoms with van der Waals surface area (Å²) in [6.45, 7) is 7.68. The summed E-state index contributed by atoms with van der Waals surface area (Å²) in [4.78, 5) is 9.25. The van der Waals surface area contributed by atoms with E-state index in [1.54, 1.807) is 14.2 Å². The van der Waals surface area contributed by atoms with Gasteiger partial charge in [0, 0.05) is 26.8 Å². The van der Waals surface area contributed by atoms with Gasteiger partial charge in [-0.15, -0.1) is 0 Å². The molecule has 0 radical (unpaired) electrons. The molecule has 0 bridgehead atoms. The molecule has 5 nitrogen and oxygen atoms in total. The van der Waals surface area contributed by atoms with Gasteiger partial charge in [-0.25, -0.2) is 9.97 Å². The number of methoxy groups -OCH3 is 2. The molecule has 5 heteroatoms. The predicted molar refractivity (Wildman–Crippen MR) is 80.8 cm³/mol. The first kappa shape index (κ1) is 16.9. The van der Waals surface area contributed by atoms with Crippen LogP contribution in [0.3, 0.4) is 0 Å². The summed E-state index contributed by atoms with van der Waals surface area (Å²) in [5, 5.41) is 3.32. The largest absolute Gasteiger partial charge is 0.378 e. The lowest BCUT2D eigenvalue weighted by molar-refractivity contribution is -0.0294. The molecule has 0 unspecified atom stereocenters. The molecule has 1 rings (SSSR count). The topological polar surface area (TPSA) is 56.3 Å². The van der Waals surface area contributed by atoms with Crippen LogP contribution in [0.15, 0.2) is 6.07 Å². The van der Waals surface area contributed by atoms with Gasteiger partial charge in [-0.1, -0.05) is 20.8 Å². The number of hydrogen-bond donors (Lipinski definition) is 1. The van der Waals surface area contributed by atoms with Crippen LogP contribution in [0.5, 0.6) is 0 Å². The fourth-order valence-electron chi connectivity index (χ4n) is 2.21. The van der Waals surface area contributed by atoms with Crippen LogP contribution in [-0.4, -0.2) is 30.7 Å². The van der Waals surface area contributed by atoms with E-state index in [4.69, 9.17) is 9.47 Å². The van der Waals surface area contributed by atoms with Gasteiger partial charge >= 0.3 is 0 Å². The highest BCUT2D eigenvalue weighted by Crippen LogP contribution is 2.30. The quantitative estimate of drug-likeness (QED) is 0.753. The minimum absolute atomic E-state index is 0.424. The number of rotatable bonds is 9. The van der Waals surface area contributed by atoms with Gasteiger partial charge in [0.1, 0.15) is 11.4 Å². The average molecular weight is 281 g/mol. The van der Waals surface area contributed by atoms with E-state index in [1.807, 2.05) is 6.07 Å². The van der Waals surface area contributed by atoms with Crippen molar-refractivity contribution in [1.82, 2.24) is 9.97 Å². The molecule has 0 fully saturated rings.